The summed E-state index contributed by atoms with van der Waals surface area (Å²) in [7, 11) is -2.00. The van der Waals surface area contributed by atoms with E-state index in [2.05, 4.69) is 10.5 Å². The summed E-state index contributed by atoms with van der Waals surface area (Å²) in [6.07, 6.45) is 1.50. The van der Waals surface area contributed by atoms with Crippen LogP contribution in [0.5, 0.6) is 0 Å². The van der Waals surface area contributed by atoms with Gasteiger partial charge < -0.3 is 9.84 Å². The smallest absolute Gasteiger partial charge is 0.229 e. The van der Waals surface area contributed by atoms with E-state index in [9.17, 15) is 8.42 Å². The van der Waals surface area contributed by atoms with Gasteiger partial charge in [-0.3, -0.25) is 0 Å². The van der Waals surface area contributed by atoms with Gasteiger partial charge in [-0.15, -0.1) is 0 Å². The fourth-order valence-corrected chi connectivity index (χ4v) is 3.30. The second-order valence-corrected chi connectivity index (χ2v) is 6.47. The van der Waals surface area contributed by atoms with Crippen molar-refractivity contribution < 1.29 is 12.9 Å². The molecule has 6 heteroatoms. The third kappa shape index (κ3) is 2.56. The summed E-state index contributed by atoms with van der Waals surface area (Å²) in [5.41, 5.74) is 1.46. The number of nitrogens with zero attached hydrogens (tertiary/aromatic N) is 1. The van der Waals surface area contributed by atoms with Gasteiger partial charge in [-0.25, -0.2) is 8.42 Å². The lowest BCUT2D eigenvalue weighted by molar-refractivity contribution is 0.368. The third-order valence-electron chi connectivity index (χ3n) is 3.04. The molecule has 0 unspecified atom stereocenters. The van der Waals surface area contributed by atoms with Crippen LogP contribution in [0.25, 0.3) is 0 Å². The number of nitrogens with one attached hydrogen (secondary N) is 1. The van der Waals surface area contributed by atoms with Crippen LogP contribution in [0.2, 0.25) is 0 Å². The summed E-state index contributed by atoms with van der Waals surface area (Å²) in [5, 5.41) is 6.58. The monoisotopic (exact) mass is 294 g/mol. The van der Waals surface area contributed by atoms with Crippen molar-refractivity contribution in [1.29, 1.82) is 0 Å². The Bertz CT molecular complexity index is 688. The molecule has 2 rings (SSSR count). The van der Waals surface area contributed by atoms with E-state index in [0.29, 0.717) is 17.9 Å². The van der Waals surface area contributed by atoms with Gasteiger partial charge in [-0.05, 0) is 25.5 Å². The van der Waals surface area contributed by atoms with E-state index in [1.54, 1.807) is 31.3 Å². The van der Waals surface area contributed by atoms with Gasteiger partial charge in [0.1, 0.15) is 5.69 Å². The zero-order valence-corrected chi connectivity index (χ0v) is 12.6. The molecule has 0 spiro atoms. The highest BCUT2D eigenvalue weighted by Gasteiger charge is 2.28. The Labute approximate surface area is 118 Å². The van der Waals surface area contributed by atoms with E-state index in [4.69, 9.17) is 4.52 Å². The van der Waals surface area contributed by atoms with Crippen molar-refractivity contribution >= 4 is 15.5 Å². The number of benzene rings is 1. The second kappa shape index (κ2) is 5.66. The Morgan fingerprint density at radius 1 is 1.25 bits per heavy atom. The summed E-state index contributed by atoms with van der Waals surface area (Å²) in [4.78, 5) is 0.218. The average Bonchev–Trinajstić information content (AvgIpc) is 2.83. The van der Waals surface area contributed by atoms with E-state index < -0.39 is 9.84 Å². The van der Waals surface area contributed by atoms with Crippen molar-refractivity contribution in [2.45, 2.75) is 36.6 Å². The summed E-state index contributed by atoms with van der Waals surface area (Å²) >= 11 is 0. The summed E-state index contributed by atoms with van der Waals surface area (Å²) in [6.45, 7) is 3.90. The van der Waals surface area contributed by atoms with E-state index in [-0.39, 0.29) is 9.92 Å². The van der Waals surface area contributed by atoms with Gasteiger partial charge in [0.2, 0.25) is 14.9 Å². The number of aryl methyl sites for hydroxylation is 2. The van der Waals surface area contributed by atoms with Crippen LogP contribution in [0.3, 0.4) is 0 Å². The minimum Gasteiger partial charge on any atom is -0.383 e. The minimum absolute atomic E-state index is 0.0488. The van der Waals surface area contributed by atoms with Gasteiger partial charge in [0.15, 0.2) is 5.76 Å². The maximum absolute atomic E-state index is 12.6. The molecular weight excluding hydrogens is 276 g/mol. The average molecular weight is 294 g/mol. The standard InChI is InChI=1S/C14H18N2O3S/c1-4-5-12-13(15-3)14(16-19-12)20(17,18)11-8-6-10(2)7-9-11/h6-9,15H,4-5H2,1-3H3. The molecule has 108 valence electrons. The van der Waals surface area contributed by atoms with Crippen LogP contribution in [0, 0.1) is 6.92 Å². The molecule has 0 aliphatic rings. The molecule has 0 aliphatic heterocycles. The molecular formula is C14H18N2O3S. The van der Waals surface area contributed by atoms with E-state index in [0.717, 1.165) is 12.0 Å². The molecule has 0 bridgehead atoms. The van der Waals surface area contributed by atoms with Crippen LogP contribution >= 0.6 is 0 Å². The van der Waals surface area contributed by atoms with Crippen molar-refractivity contribution in [3.8, 4) is 0 Å². The van der Waals surface area contributed by atoms with Gasteiger partial charge in [-0.2, -0.15) is 0 Å². The topological polar surface area (TPSA) is 72.2 Å². The van der Waals surface area contributed by atoms with E-state index in [1.165, 1.54) is 0 Å². The number of hydrogen-bond donors (Lipinski definition) is 1. The Morgan fingerprint density at radius 3 is 2.45 bits per heavy atom. The van der Waals surface area contributed by atoms with Crippen molar-refractivity contribution in [2.75, 3.05) is 12.4 Å². The van der Waals surface area contributed by atoms with Crippen LogP contribution in [0.4, 0.5) is 5.69 Å². The molecule has 1 aromatic heterocycles. The van der Waals surface area contributed by atoms with Crippen LogP contribution in [0.1, 0.15) is 24.7 Å². The fourth-order valence-electron chi connectivity index (χ4n) is 1.96. The Balaban J connectivity index is 2.52. The Hall–Kier alpha value is -1.82. The van der Waals surface area contributed by atoms with Crippen LogP contribution < -0.4 is 5.32 Å². The first-order chi connectivity index (χ1) is 9.50. The quantitative estimate of drug-likeness (QED) is 0.918. The molecule has 20 heavy (non-hydrogen) atoms. The molecule has 0 saturated carbocycles. The maximum Gasteiger partial charge on any atom is 0.229 e. The highest BCUT2D eigenvalue weighted by atomic mass is 32.2. The SMILES string of the molecule is CCCc1onc(S(=O)(=O)c2ccc(C)cc2)c1NC. The minimum atomic E-state index is -3.66. The van der Waals surface area contributed by atoms with E-state index in [1.807, 2.05) is 13.8 Å². The third-order valence-corrected chi connectivity index (χ3v) is 4.72. The lowest BCUT2D eigenvalue weighted by atomic mass is 10.2. The van der Waals surface area contributed by atoms with Crippen LogP contribution in [-0.4, -0.2) is 20.6 Å². The molecule has 0 amide bonds. The zero-order valence-electron chi connectivity index (χ0n) is 11.8. The predicted octanol–water partition coefficient (Wildman–Crippen LogP) is 2.81. The summed E-state index contributed by atoms with van der Waals surface area (Å²) in [6, 6.07) is 6.69. The zero-order chi connectivity index (χ0) is 14.8. The van der Waals surface area contributed by atoms with Gasteiger partial charge >= 0.3 is 0 Å². The second-order valence-electron chi connectivity index (χ2n) is 4.60. The first-order valence-electron chi connectivity index (χ1n) is 6.48. The number of sulfone groups is 1. The maximum atomic E-state index is 12.6. The molecule has 0 atom stereocenters. The molecule has 0 fully saturated rings. The van der Waals surface area contributed by atoms with Gasteiger partial charge in [-0.1, -0.05) is 29.8 Å². The molecule has 5 nitrogen and oxygen atoms in total. The van der Waals surface area contributed by atoms with Crippen molar-refractivity contribution in [2.24, 2.45) is 0 Å². The Kier molecular flexibility index (Phi) is 4.13. The van der Waals surface area contributed by atoms with Crippen molar-refractivity contribution in [3.05, 3.63) is 35.6 Å². The van der Waals surface area contributed by atoms with Gasteiger partial charge in [0.05, 0.1) is 4.90 Å². The predicted molar refractivity (Wildman–Crippen MR) is 76.7 cm³/mol. The first kappa shape index (κ1) is 14.6. The number of aromatic nitrogens is 1. The molecule has 2 aromatic rings. The van der Waals surface area contributed by atoms with Crippen molar-refractivity contribution in [1.82, 2.24) is 5.16 Å². The van der Waals surface area contributed by atoms with Crippen LogP contribution in [-0.2, 0) is 16.3 Å². The van der Waals surface area contributed by atoms with Crippen LogP contribution in [0.15, 0.2) is 38.7 Å². The highest BCUT2D eigenvalue weighted by molar-refractivity contribution is 7.91. The molecule has 1 aromatic carbocycles. The van der Waals surface area contributed by atoms with Gasteiger partial charge in [0, 0.05) is 13.5 Å². The Morgan fingerprint density at radius 2 is 1.90 bits per heavy atom. The molecule has 1 heterocycles. The lowest BCUT2D eigenvalue weighted by Gasteiger charge is -2.04. The molecule has 0 saturated heterocycles. The number of rotatable bonds is 5. The molecule has 0 aliphatic carbocycles. The first-order valence-corrected chi connectivity index (χ1v) is 7.97. The summed E-state index contributed by atoms with van der Waals surface area (Å²) in [5.74, 6) is 0.570. The fraction of sp³-hybridized carbons (Fsp3) is 0.357. The summed E-state index contributed by atoms with van der Waals surface area (Å²) < 4.78 is 30.3. The highest BCUT2D eigenvalue weighted by Crippen LogP contribution is 2.30. The van der Waals surface area contributed by atoms with Crippen molar-refractivity contribution in [3.63, 3.8) is 0 Å². The van der Waals surface area contributed by atoms with Gasteiger partial charge in [0.25, 0.3) is 0 Å². The van der Waals surface area contributed by atoms with E-state index >= 15 is 0 Å². The molecule has 1 N–H and O–H groups in total. The number of hydrogen-bond acceptors (Lipinski definition) is 5. The number of anilines is 1. The normalized spacial score (nSPS) is 11.6. The lowest BCUT2D eigenvalue weighted by Crippen LogP contribution is -2.06. The largest absolute Gasteiger partial charge is 0.383 e. The molecule has 0 radical (unpaired) electrons.